The molecule has 2 fully saturated rings. The summed E-state index contributed by atoms with van der Waals surface area (Å²) in [7, 11) is 0. The summed E-state index contributed by atoms with van der Waals surface area (Å²) >= 11 is 1.58. The normalized spacial score (nSPS) is 21.1. The minimum atomic E-state index is -0.119. The van der Waals surface area contributed by atoms with Gasteiger partial charge in [0.1, 0.15) is 10.7 Å². The Bertz CT molecular complexity index is 973. The number of piperazine rings is 1. The average molecular weight is 434 g/mol. The molecule has 2 atom stereocenters. The lowest BCUT2D eigenvalue weighted by molar-refractivity contribution is -0.141. The summed E-state index contributed by atoms with van der Waals surface area (Å²) < 4.78 is 5.36. The van der Waals surface area contributed by atoms with Crippen molar-refractivity contribution in [3.05, 3.63) is 26.6 Å². The van der Waals surface area contributed by atoms with Crippen LogP contribution < -0.4 is 5.56 Å². The fourth-order valence-corrected chi connectivity index (χ4v) is 5.40. The average Bonchev–Trinajstić information content (AvgIpc) is 3.06. The van der Waals surface area contributed by atoms with Gasteiger partial charge in [0.05, 0.1) is 30.7 Å². The molecule has 2 saturated heterocycles. The molecule has 2 unspecified atom stereocenters. The summed E-state index contributed by atoms with van der Waals surface area (Å²) in [5.41, 5.74) is 0.975. The number of aryl methyl sites for hydroxylation is 2. The Morgan fingerprint density at radius 2 is 1.70 bits per heavy atom. The summed E-state index contributed by atoms with van der Waals surface area (Å²) in [6.07, 6.45) is 0. The van der Waals surface area contributed by atoms with E-state index in [-0.39, 0.29) is 23.6 Å². The van der Waals surface area contributed by atoms with E-state index in [2.05, 4.69) is 21.7 Å². The van der Waals surface area contributed by atoms with E-state index >= 15 is 0 Å². The second-order valence-electron chi connectivity index (χ2n) is 8.28. The summed E-state index contributed by atoms with van der Waals surface area (Å²) in [5, 5.41) is 0.716. The van der Waals surface area contributed by atoms with Gasteiger partial charge in [-0.1, -0.05) is 0 Å². The molecule has 30 heavy (non-hydrogen) atoms. The van der Waals surface area contributed by atoms with Gasteiger partial charge in [0.2, 0.25) is 5.91 Å². The number of H-pyrrole nitrogens is 1. The number of ether oxygens (including phenoxy) is 1. The van der Waals surface area contributed by atoms with E-state index in [1.165, 1.54) is 0 Å². The Morgan fingerprint density at radius 3 is 2.37 bits per heavy atom. The van der Waals surface area contributed by atoms with E-state index in [1.54, 1.807) is 11.3 Å². The highest BCUT2D eigenvalue weighted by atomic mass is 32.1. The molecule has 2 aliphatic rings. The van der Waals surface area contributed by atoms with E-state index in [4.69, 9.17) is 9.72 Å². The van der Waals surface area contributed by atoms with Crippen LogP contribution in [0.4, 0.5) is 0 Å². The van der Waals surface area contributed by atoms with Crippen LogP contribution >= 0.6 is 11.3 Å². The van der Waals surface area contributed by atoms with Gasteiger partial charge in [-0.3, -0.25) is 19.4 Å². The maximum absolute atomic E-state index is 12.8. The molecular formula is C21H31N5O3S. The maximum Gasteiger partial charge on any atom is 0.259 e. The molecule has 0 radical (unpaired) electrons. The van der Waals surface area contributed by atoms with E-state index in [1.807, 2.05) is 25.7 Å². The monoisotopic (exact) mass is 433 g/mol. The third-order valence-corrected chi connectivity index (χ3v) is 7.68. The number of morpholine rings is 1. The van der Waals surface area contributed by atoms with Crippen molar-refractivity contribution in [1.29, 1.82) is 0 Å². The summed E-state index contributed by atoms with van der Waals surface area (Å²) in [5.74, 6) is 0.916. The number of fused-ring (bicyclic) bond motifs is 1. The first kappa shape index (κ1) is 21.4. The van der Waals surface area contributed by atoms with Crippen molar-refractivity contribution in [2.45, 2.75) is 39.8 Å². The molecule has 0 spiro atoms. The Balaban J connectivity index is 1.40. The number of nitrogens with zero attached hydrogens (tertiary/aromatic N) is 4. The molecule has 0 aromatic carbocycles. The molecule has 0 aliphatic carbocycles. The zero-order valence-electron chi connectivity index (χ0n) is 18.2. The Morgan fingerprint density at radius 1 is 1.07 bits per heavy atom. The van der Waals surface area contributed by atoms with Crippen LogP contribution in [0.25, 0.3) is 10.2 Å². The van der Waals surface area contributed by atoms with Gasteiger partial charge in [-0.25, -0.2) is 4.98 Å². The SMILES string of the molecule is Cc1sc2nc(C(C)N3CCN(C(C)C(=O)N4CCOCC4)CC3)[nH]c(=O)c2c1C. The third-order valence-electron chi connectivity index (χ3n) is 6.58. The molecule has 1 amide bonds. The number of hydrogen-bond donors (Lipinski definition) is 1. The van der Waals surface area contributed by atoms with Crippen molar-refractivity contribution >= 4 is 27.5 Å². The van der Waals surface area contributed by atoms with Crippen LogP contribution in [-0.2, 0) is 9.53 Å². The van der Waals surface area contributed by atoms with Gasteiger partial charge in [0, 0.05) is 44.1 Å². The van der Waals surface area contributed by atoms with Crippen molar-refractivity contribution in [1.82, 2.24) is 24.7 Å². The molecule has 4 heterocycles. The molecule has 164 valence electrons. The van der Waals surface area contributed by atoms with Crippen molar-refractivity contribution in [3.63, 3.8) is 0 Å². The Hall–Kier alpha value is -1.81. The first-order chi connectivity index (χ1) is 14.4. The van der Waals surface area contributed by atoms with Crippen LogP contribution in [-0.4, -0.2) is 89.1 Å². The number of thiophene rings is 1. The topological polar surface area (TPSA) is 81.8 Å². The molecule has 4 rings (SSSR count). The molecule has 0 bridgehead atoms. The second-order valence-corrected chi connectivity index (χ2v) is 9.48. The Kier molecular flexibility index (Phi) is 6.24. The van der Waals surface area contributed by atoms with Crippen LogP contribution in [0.15, 0.2) is 4.79 Å². The van der Waals surface area contributed by atoms with Crippen molar-refractivity contribution in [3.8, 4) is 0 Å². The summed E-state index contributed by atoms with van der Waals surface area (Å²) in [6.45, 7) is 14.1. The smallest absolute Gasteiger partial charge is 0.259 e. The molecule has 2 aliphatic heterocycles. The predicted molar refractivity (Wildman–Crippen MR) is 118 cm³/mol. The largest absolute Gasteiger partial charge is 0.378 e. The number of aromatic nitrogens is 2. The molecule has 2 aromatic rings. The number of rotatable bonds is 4. The fraction of sp³-hybridized carbons (Fsp3) is 0.667. The van der Waals surface area contributed by atoms with E-state index in [0.29, 0.717) is 31.7 Å². The fourth-order valence-electron chi connectivity index (χ4n) is 4.36. The minimum Gasteiger partial charge on any atom is -0.378 e. The van der Waals surface area contributed by atoms with E-state index in [9.17, 15) is 9.59 Å². The number of hydrogen-bond acceptors (Lipinski definition) is 7. The Labute approximate surface area is 180 Å². The standard InChI is InChI=1S/C21H31N5O3S/c1-13-16(4)30-20-17(13)19(27)22-18(23-20)14(2)24-5-7-25(8-6-24)15(3)21(28)26-9-11-29-12-10-26/h14-15H,5-12H2,1-4H3,(H,22,23,27). The molecular weight excluding hydrogens is 402 g/mol. The number of aromatic amines is 1. The second kappa shape index (κ2) is 8.74. The highest BCUT2D eigenvalue weighted by Crippen LogP contribution is 2.27. The minimum absolute atomic E-state index is 0.0252. The van der Waals surface area contributed by atoms with Gasteiger partial charge in [0.25, 0.3) is 5.56 Å². The van der Waals surface area contributed by atoms with Gasteiger partial charge in [-0.15, -0.1) is 11.3 Å². The lowest BCUT2D eigenvalue weighted by Gasteiger charge is -2.41. The van der Waals surface area contributed by atoms with Gasteiger partial charge in [-0.2, -0.15) is 0 Å². The highest BCUT2D eigenvalue weighted by molar-refractivity contribution is 7.18. The number of carbonyl (C=O) groups excluding carboxylic acids is 1. The van der Waals surface area contributed by atoms with E-state index < -0.39 is 0 Å². The van der Waals surface area contributed by atoms with Gasteiger partial charge < -0.3 is 14.6 Å². The quantitative estimate of drug-likeness (QED) is 0.788. The van der Waals surface area contributed by atoms with Crippen molar-refractivity contribution in [2.75, 3.05) is 52.5 Å². The molecule has 2 aromatic heterocycles. The van der Waals surface area contributed by atoms with Gasteiger partial charge in [0.15, 0.2) is 0 Å². The molecule has 1 N–H and O–H groups in total. The molecule has 0 saturated carbocycles. The van der Waals surface area contributed by atoms with Crippen LogP contribution in [0.5, 0.6) is 0 Å². The van der Waals surface area contributed by atoms with Crippen LogP contribution in [0.1, 0.15) is 36.2 Å². The van der Waals surface area contributed by atoms with Crippen molar-refractivity contribution < 1.29 is 9.53 Å². The third kappa shape index (κ3) is 4.03. The summed E-state index contributed by atoms with van der Waals surface area (Å²) in [4.78, 5) is 41.7. The van der Waals surface area contributed by atoms with Crippen LogP contribution in [0, 0.1) is 13.8 Å². The number of amides is 1. The molecule has 8 nitrogen and oxygen atoms in total. The lowest BCUT2D eigenvalue weighted by Crippen LogP contribution is -2.56. The van der Waals surface area contributed by atoms with Crippen LogP contribution in [0.3, 0.4) is 0 Å². The zero-order chi connectivity index (χ0) is 21.4. The van der Waals surface area contributed by atoms with E-state index in [0.717, 1.165) is 47.3 Å². The summed E-state index contributed by atoms with van der Waals surface area (Å²) in [6, 6.07) is -0.0934. The predicted octanol–water partition coefficient (Wildman–Crippen LogP) is 1.53. The van der Waals surface area contributed by atoms with Gasteiger partial charge >= 0.3 is 0 Å². The number of carbonyl (C=O) groups is 1. The van der Waals surface area contributed by atoms with Crippen molar-refractivity contribution in [2.24, 2.45) is 0 Å². The first-order valence-electron chi connectivity index (χ1n) is 10.7. The maximum atomic E-state index is 12.8. The first-order valence-corrected chi connectivity index (χ1v) is 11.5. The highest BCUT2D eigenvalue weighted by Gasteiger charge is 2.31. The lowest BCUT2D eigenvalue weighted by atomic mass is 10.1. The zero-order valence-corrected chi connectivity index (χ0v) is 19.0. The van der Waals surface area contributed by atoms with Crippen LogP contribution in [0.2, 0.25) is 0 Å². The van der Waals surface area contributed by atoms with Gasteiger partial charge in [-0.05, 0) is 33.3 Å². The number of nitrogens with one attached hydrogen (secondary N) is 1. The molecule has 9 heteroatoms.